The van der Waals surface area contributed by atoms with Gasteiger partial charge in [0.25, 0.3) is 5.88 Å². The molecular formula is C65H116N3O11S+. The number of carbonyl (C=O) groups excluding carboxylic acids is 5. The van der Waals surface area contributed by atoms with Gasteiger partial charge in [-0.25, -0.2) is 0 Å². The van der Waals surface area contributed by atoms with Gasteiger partial charge >= 0.3 is 29.8 Å². The lowest BCUT2D eigenvalue weighted by molar-refractivity contribution is -0.944. The molecule has 2 rings (SSSR count). The third kappa shape index (κ3) is 38.2. The third-order valence-corrected chi connectivity index (χ3v) is 16.2. The lowest BCUT2D eigenvalue weighted by atomic mass is 10.0. The van der Waals surface area contributed by atoms with Crippen molar-refractivity contribution in [2.75, 3.05) is 46.6 Å². The topological polar surface area (TPSA) is 167 Å². The average Bonchev–Trinajstić information content (AvgIpc) is 3.92. The van der Waals surface area contributed by atoms with Crippen molar-refractivity contribution in [3.63, 3.8) is 0 Å². The summed E-state index contributed by atoms with van der Waals surface area (Å²) in [5.41, 5.74) is 1.83. The summed E-state index contributed by atoms with van der Waals surface area (Å²) in [5, 5.41) is 0. The van der Waals surface area contributed by atoms with Crippen LogP contribution in [0.1, 0.15) is 304 Å². The highest BCUT2D eigenvalue weighted by Gasteiger charge is 2.37. The molecule has 0 bridgehead atoms. The monoisotopic (exact) mass is 1150 g/mol. The van der Waals surface area contributed by atoms with Crippen molar-refractivity contribution >= 4 is 47.1 Å². The average molecular weight is 1150 g/mol. The number of rotatable bonds is 54. The van der Waals surface area contributed by atoms with Crippen LogP contribution in [0.2, 0.25) is 0 Å². The molecule has 1 aliphatic heterocycles. The van der Waals surface area contributed by atoms with Crippen LogP contribution in [-0.4, -0.2) is 102 Å². The summed E-state index contributed by atoms with van der Waals surface area (Å²) in [6.45, 7) is 12.6. The van der Waals surface area contributed by atoms with E-state index in [1.807, 2.05) is 13.8 Å². The van der Waals surface area contributed by atoms with Gasteiger partial charge in [-0.2, -0.15) is 4.37 Å². The molecule has 15 heteroatoms. The Kier molecular flexibility index (Phi) is 44.3. The van der Waals surface area contributed by atoms with E-state index in [1.54, 1.807) is 0 Å². The SMILES string of the molecule is CCCCCCCCCCCCCCCC(=O)OCC(COC(=O)CCCCCCCCCCCCCCC)OC(=O)CCCCCCCOC(=O)CC(C)CC(=O)O[C@H](C)[N+]1(C)CCC=C(c2nsnc2OCCCCCC)C1. The second-order valence-electron chi connectivity index (χ2n) is 23.5. The Hall–Kier alpha value is -3.59. The van der Waals surface area contributed by atoms with Gasteiger partial charge in [0.15, 0.2) is 6.10 Å². The molecule has 2 unspecified atom stereocenters. The maximum Gasteiger partial charge on any atom is 0.310 e. The predicted octanol–water partition coefficient (Wildman–Crippen LogP) is 16.9. The number of hydrogen-bond donors (Lipinski definition) is 0. The number of ether oxygens (including phenoxy) is 6. The molecule has 0 fully saturated rings. The van der Waals surface area contributed by atoms with Crippen molar-refractivity contribution in [2.45, 2.75) is 310 Å². The Balaban J connectivity index is 1.65. The van der Waals surface area contributed by atoms with E-state index in [1.165, 1.54) is 141 Å². The van der Waals surface area contributed by atoms with E-state index in [2.05, 4.69) is 42.6 Å². The molecule has 3 atom stereocenters. The van der Waals surface area contributed by atoms with Gasteiger partial charge in [-0.05, 0) is 38.0 Å². The summed E-state index contributed by atoms with van der Waals surface area (Å²) in [4.78, 5) is 64.1. The number of hydrogen-bond acceptors (Lipinski definition) is 14. The van der Waals surface area contributed by atoms with Gasteiger partial charge in [0, 0.05) is 51.0 Å². The van der Waals surface area contributed by atoms with Crippen molar-refractivity contribution < 1.29 is 56.9 Å². The molecule has 0 saturated heterocycles. The highest BCUT2D eigenvalue weighted by atomic mass is 32.1. The number of carbonyl (C=O) groups is 5. The number of esters is 5. The van der Waals surface area contributed by atoms with Crippen LogP contribution in [0.15, 0.2) is 6.08 Å². The van der Waals surface area contributed by atoms with Crippen molar-refractivity contribution in [3.05, 3.63) is 11.8 Å². The van der Waals surface area contributed by atoms with Gasteiger partial charge in [0.2, 0.25) is 6.23 Å². The molecule has 0 radical (unpaired) electrons. The molecule has 1 aromatic rings. The molecule has 0 amide bonds. The highest BCUT2D eigenvalue weighted by Crippen LogP contribution is 2.32. The summed E-state index contributed by atoms with van der Waals surface area (Å²) >= 11 is 1.15. The van der Waals surface area contributed by atoms with Crippen molar-refractivity contribution in [2.24, 2.45) is 5.92 Å². The van der Waals surface area contributed by atoms with Crippen LogP contribution >= 0.6 is 11.7 Å². The highest BCUT2D eigenvalue weighted by molar-refractivity contribution is 6.99. The summed E-state index contributed by atoms with van der Waals surface area (Å²) < 4.78 is 43.8. The second-order valence-corrected chi connectivity index (χ2v) is 24.0. The molecule has 0 N–H and O–H groups in total. The van der Waals surface area contributed by atoms with Crippen molar-refractivity contribution in [1.82, 2.24) is 8.75 Å². The Labute approximate surface area is 491 Å². The smallest absolute Gasteiger partial charge is 0.310 e. The van der Waals surface area contributed by atoms with Gasteiger partial charge in [0.1, 0.15) is 25.5 Å². The van der Waals surface area contributed by atoms with Crippen molar-refractivity contribution in [1.29, 1.82) is 0 Å². The Morgan fingerprint density at radius 1 is 0.487 bits per heavy atom. The molecular weight excluding hydrogens is 1030 g/mol. The number of aromatic nitrogens is 2. The predicted molar refractivity (Wildman–Crippen MR) is 323 cm³/mol. The minimum absolute atomic E-state index is 0.118. The van der Waals surface area contributed by atoms with E-state index in [-0.39, 0.29) is 62.3 Å². The summed E-state index contributed by atoms with van der Waals surface area (Å²) in [5.74, 6) is -1.39. The fraction of sp³-hybridized carbons (Fsp3) is 0.862. The third-order valence-electron chi connectivity index (χ3n) is 15.7. The van der Waals surface area contributed by atoms with E-state index in [9.17, 15) is 24.0 Å². The number of unbranched alkanes of at least 4 members (excludes halogenated alkanes) is 31. The molecule has 2 heterocycles. The first-order valence-electron chi connectivity index (χ1n) is 32.7. The normalized spacial score (nSPS) is 15.1. The van der Waals surface area contributed by atoms with Gasteiger partial charge in [-0.15, -0.1) is 4.37 Å². The molecule has 80 heavy (non-hydrogen) atoms. The van der Waals surface area contributed by atoms with Crippen LogP contribution in [-0.2, 0) is 47.7 Å². The Morgan fingerprint density at radius 2 is 0.900 bits per heavy atom. The van der Waals surface area contributed by atoms with E-state index in [4.69, 9.17) is 28.4 Å². The minimum Gasteiger partial charge on any atom is -0.475 e. The lowest BCUT2D eigenvalue weighted by Gasteiger charge is -2.41. The van der Waals surface area contributed by atoms with Crippen LogP contribution in [0.4, 0.5) is 0 Å². The van der Waals surface area contributed by atoms with E-state index >= 15 is 0 Å². The summed E-state index contributed by atoms with van der Waals surface area (Å²) in [6, 6.07) is 0. The Morgan fingerprint density at radius 3 is 1.39 bits per heavy atom. The van der Waals surface area contributed by atoms with Crippen LogP contribution in [0.25, 0.3) is 5.57 Å². The molecule has 0 spiro atoms. The Bertz CT molecular complexity index is 1730. The standard InChI is InChI=1S/C65H116N3O11S/c1-7-10-13-16-18-20-22-24-26-28-30-33-37-44-59(69)76-53-58(54-77-60(70)45-38-34-31-29-27-25-23-21-19-17-14-11-8-2)79-61(71)46-39-35-32-36-41-48-74-62(72)50-55(4)51-63(73)78-56(5)68(6)47-42-43-57(52-68)64-65(67-80-66-64)75-49-40-15-12-9-3/h43,55-56,58H,7-42,44-54H2,1-6H3/q+1/t55?,56-,68?/m1/s1. The molecule has 1 aromatic heterocycles. The van der Waals surface area contributed by atoms with Crippen LogP contribution < -0.4 is 4.74 Å². The molecule has 462 valence electrons. The first-order valence-corrected chi connectivity index (χ1v) is 33.5. The molecule has 0 aromatic carbocycles. The summed E-state index contributed by atoms with van der Waals surface area (Å²) in [7, 11) is 2.09. The number of likely N-dealkylation sites (N-methyl/N-ethyl adjacent to an activating group) is 1. The maximum atomic E-state index is 13.1. The molecule has 14 nitrogen and oxygen atoms in total. The van der Waals surface area contributed by atoms with Crippen LogP contribution in [0.3, 0.4) is 0 Å². The molecule has 1 aliphatic rings. The quantitative estimate of drug-likeness (QED) is 0.0262. The zero-order valence-corrected chi connectivity index (χ0v) is 52.6. The van der Waals surface area contributed by atoms with Gasteiger partial charge in [-0.1, -0.05) is 226 Å². The first-order chi connectivity index (χ1) is 38.9. The molecule has 0 saturated carbocycles. The van der Waals surface area contributed by atoms with Gasteiger partial charge < -0.3 is 28.4 Å². The number of quaternary nitrogens is 1. The van der Waals surface area contributed by atoms with Crippen LogP contribution in [0.5, 0.6) is 5.88 Å². The zero-order valence-electron chi connectivity index (χ0n) is 51.8. The maximum absolute atomic E-state index is 13.1. The van der Waals surface area contributed by atoms with E-state index < -0.39 is 18.3 Å². The minimum atomic E-state index is -0.858. The largest absolute Gasteiger partial charge is 0.475 e. The molecule has 0 aliphatic carbocycles. The fourth-order valence-corrected chi connectivity index (χ4v) is 10.9. The first kappa shape index (κ1) is 72.5. The fourth-order valence-electron chi connectivity index (χ4n) is 10.3. The number of nitrogens with zero attached hydrogens (tertiary/aromatic N) is 3. The van der Waals surface area contributed by atoms with Crippen molar-refractivity contribution in [3.8, 4) is 5.88 Å². The van der Waals surface area contributed by atoms with E-state index in [0.717, 1.165) is 107 Å². The van der Waals surface area contributed by atoms with Gasteiger partial charge in [-0.3, -0.25) is 28.5 Å². The zero-order chi connectivity index (χ0) is 58.2. The van der Waals surface area contributed by atoms with Gasteiger partial charge in [0.05, 0.1) is 38.5 Å². The summed E-state index contributed by atoms with van der Waals surface area (Å²) in [6.07, 6.45) is 43.0. The second kappa shape index (κ2) is 48.9. The van der Waals surface area contributed by atoms with E-state index in [0.29, 0.717) is 55.8 Å². The lowest BCUT2D eigenvalue weighted by Crippen LogP contribution is -2.55. The van der Waals surface area contributed by atoms with Crippen LogP contribution in [0, 0.1) is 5.92 Å².